The molecule has 0 fully saturated rings. The van der Waals surface area contributed by atoms with Crippen molar-refractivity contribution in [3.05, 3.63) is 150 Å². The minimum absolute atomic E-state index is 0.0341. The van der Waals surface area contributed by atoms with Crippen molar-refractivity contribution in [3.63, 3.8) is 0 Å². The third-order valence-electron chi connectivity index (χ3n) is 7.29. The summed E-state index contributed by atoms with van der Waals surface area (Å²) in [6.07, 6.45) is 1.57. The van der Waals surface area contributed by atoms with Crippen LogP contribution in [0, 0.1) is 0 Å². The Bertz CT molecular complexity index is 1910. The van der Waals surface area contributed by atoms with Crippen LogP contribution in [0.2, 0.25) is 0 Å². The topological polar surface area (TPSA) is 115 Å². The molecule has 0 aliphatic carbocycles. The van der Waals surface area contributed by atoms with Crippen LogP contribution in [0.25, 0.3) is 6.08 Å². The SMILES string of the molecule is COc1cc(NC(=O)C(Sc2ccc(NC(=O)/C(=C/c3ccccc3OC)NC(=O)c3ccccc3)cc2)c2ccccc2)cc(OC)c1. The van der Waals surface area contributed by atoms with Gasteiger partial charge >= 0.3 is 0 Å². The van der Waals surface area contributed by atoms with E-state index < -0.39 is 17.1 Å². The van der Waals surface area contributed by atoms with Gasteiger partial charge in [-0.2, -0.15) is 0 Å². The van der Waals surface area contributed by atoms with E-state index in [1.165, 1.54) is 18.9 Å². The summed E-state index contributed by atoms with van der Waals surface area (Å²) >= 11 is 1.37. The summed E-state index contributed by atoms with van der Waals surface area (Å²) in [7, 11) is 4.64. The lowest BCUT2D eigenvalue weighted by Crippen LogP contribution is -2.30. The normalized spacial score (nSPS) is 11.5. The van der Waals surface area contributed by atoms with Crippen LogP contribution in [-0.2, 0) is 9.59 Å². The molecule has 0 aliphatic rings. The molecule has 0 heterocycles. The number of ether oxygens (including phenoxy) is 3. The molecule has 5 rings (SSSR count). The van der Waals surface area contributed by atoms with Crippen molar-refractivity contribution < 1.29 is 28.6 Å². The molecule has 1 unspecified atom stereocenters. The lowest BCUT2D eigenvalue weighted by atomic mass is 10.1. The number of amides is 3. The van der Waals surface area contributed by atoms with Gasteiger partial charge in [0.25, 0.3) is 11.8 Å². The number of rotatable bonds is 13. The Morgan fingerprint density at radius 3 is 1.90 bits per heavy atom. The molecule has 0 saturated carbocycles. The Balaban J connectivity index is 1.35. The second-order valence-corrected chi connectivity index (χ2v) is 11.8. The van der Waals surface area contributed by atoms with Crippen molar-refractivity contribution in [1.82, 2.24) is 5.32 Å². The van der Waals surface area contributed by atoms with E-state index >= 15 is 0 Å². The Labute approximate surface area is 289 Å². The fraction of sp³-hybridized carbons (Fsp3) is 0.103. The number of hydrogen-bond acceptors (Lipinski definition) is 7. The summed E-state index contributed by atoms with van der Waals surface area (Å²) in [5, 5.41) is 8.01. The van der Waals surface area contributed by atoms with Gasteiger partial charge in [-0.05, 0) is 54.1 Å². The van der Waals surface area contributed by atoms with Crippen molar-refractivity contribution in [2.45, 2.75) is 10.1 Å². The first kappa shape index (κ1) is 34.3. The lowest BCUT2D eigenvalue weighted by Gasteiger charge is -2.18. The maximum Gasteiger partial charge on any atom is 0.272 e. The molecular weight excluding hydrogens is 639 g/mol. The molecule has 3 N–H and O–H groups in total. The molecule has 10 heteroatoms. The van der Waals surface area contributed by atoms with E-state index in [2.05, 4.69) is 16.0 Å². The summed E-state index contributed by atoms with van der Waals surface area (Å²) in [6.45, 7) is 0. The highest BCUT2D eigenvalue weighted by Gasteiger charge is 2.23. The lowest BCUT2D eigenvalue weighted by molar-refractivity contribution is -0.116. The second kappa shape index (κ2) is 16.7. The Kier molecular flexibility index (Phi) is 11.7. The zero-order valence-electron chi connectivity index (χ0n) is 27.1. The predicted octanol–water partition coefficient (Wildman–Crippen LogP) is 7.59. The molecule has 0 aliphatic heterocycles. The van der Waals surface area contributed by atoms with Crippen LogP contribution in [0.15, 0.2) is 138 Å². The van der Waals surface area contributed by atoms with Crippen LogP contribution in [0.5, 0.6) is 17.2 Å². The summed E-state index contributed by atoms with van der Waals surface area (Å²) in [5.41, 5.74) is 2.91. The van der Waals surface area contributed by atoms with Crippen LogP contribution < -0.4 is 30.2 Å². The first-order valence-electron chi connectivity index (χ1n) is 15.2. The Hall–Kier alpha value is -6.00. The van der Waals surface area contributed by atoms with Gasteiger partial charge in [0.05, 0.1) is 21.3 Å². The predicted molar refractivity (Wildman–Crippen MR) is 193 cm³/mol. The van der Waals surface area contributed by atoms with Crippen LogP contribution in [0.1, 0.15) is 26.7 Å². The summed E-state index contributed by atoms with van der Waals surface area (Å²) in [6, 6.07) is 37.6. The zero-order valence-corrected chi connectivity index (χ0v) is 28.0. The van der Waals surface area contributed by atoms with Gasteiger partial charge in [-0.1, -0.05) is 66.7 Å². The summed E-state index contributed by atoms with van der Waals surface area (Å²) < 4.78 is 16.2. The minimum Gasteiger partial charge on any atom is -0.497 e. The number of thioether (sulfide) groups is 1. The van der Waals surface area contributed by atoms with E-state index in [0.717, 1.165) is 10.5 Å². The van der Waals surface area contributed by atoms with Crippen molar-refractivity contribution in [1.29, 1.82) is 0 Å². The molecule has 5 aromatic carbocycles. The van der Waals surface area contributed by atoms with Gasteiger partial charge in [-0.15, -0.1) is 11.8 Å². The van der Waals surface area contributed by atoms with E-state index in [-0.39, 0.29) is 11.6 Å². The molecular formula is C39H35N3O6S. The molecule has 0 bridgehead atoms. The van der Waals surface area contributed by atoms with E-state index in [1.807, 2.05) is 60.7 Å². The van der Waals surface area contributed by atoms with Gasteiger partial charge in [-0.25, -0.2) is 0 Å². The van der Waals surface area contributed by atoms with Crippen LogP contribution >= 0.6 is 11.8 Å². The van der Waals surface area contributed by atoms with E-state index in [4.69, 9.17) is 14.2 Å². The largest absolute Gasteiger partial charge is 0.497 e. The van der Waals surface area contributed by atoms with Crippen LogP contribution in [0.4, 0.5) is 11.4 Å². The molecule has 0 saturated heterocycles. The zero-order chi connectivity index (χ0) is 34.6. The number of hydrogen-bond donors (Lipinski definition) is 3. The highest BCUT2D eigenvalue weighted by molar-refractivity contribution is 8.00. The highest BCUT2D eigenvalue weighted by atomic mass is 32.2. The summed E-state index contributed by atoms with van der Waals surface area (Å²) in [5.74, 6) is 0.468. The Morgan fingerprint density at radius 2 is 1.27 bits per heavy atom. The van der Waals surface area contributed by atoms with Gasteiger partial charge < -0.3 is 30.2 Å². The fourth-order valence-electron chi connectivity index (χ4n) is 4.82. The fourth-order valence-corrected chi connectivity index (χ4v) is 5.85. The van der Waals surface area contributed by atoms with E-state index in [9.17, 15) is 14.4 Å². The third-order valence-corrected chi connectivity index (χ3v) is 8.56. The Morgan fingerprint density at radius 1 is 0.653 bits per heavy atom. The number of carbonyl (C=O) groups excluding carboxylic acids is 3. The molecule has 0 radical (unpaired) electrons. The number of nitrogens with one attached hydrogen (secondary N) is 3. The van der Waals surface area contributed by atoms with Crippen molar-refractivity contribution in [3.8, 4) is 17.2 Å². The molecule has 0 aromatic heterocycles. The minimum atomic E-state index is -0.595. The second-order valence-electron chi connectivity index (χ2n) is 10.6. The number of para-hydroxylation sites is 1. The van der Waals surface area contributed by atoms with Gasteiger partial charge in [-0.3, -0.25) is 14.4 Å². The molecule has 3 amide bonds. The van der Waals surface area contributed by atoms with Crippen molar-refractivity contribution in [2.75, 3.05) is 32.0 Å². The number of anilines is 2. The number of carbonyl (C=O) groups is 3. The monoisotopic (exact) mass is 673 g/mol. The smallest absolute Gasteiger partial charge is 0.272 e. The van der Waals surface area contributed by atoms with E-state index in [1.54, 1.807) is 87.0 Å². The van der Waals surface area contributed by atoms with Gasteiger partial charge in [0, 0.05) is 45.6 Å². The highest BCUT2D eigenvalue weighted by Crippen LogP contribution is 2.37. The third kappa shape index (κ3) is 9.30. The first-order chi connectivity index (χ1) is 23.9. The van der Waals surface area contributed by atoms with Crippen LogP contribution in [-0.4, -0.2) is 39.1 Å². The average molecular weight is 674 g/mol. The van der Waals surface area contributed by atoms with Crippen LogP contribution in [0.3, 0.4) is 0 Å². The maximum absolute atomic E-state index is 13.7. The standard InChI is InChI=1S/C39H35N3O6S/c1-46-31-23-30(24-32(25-31)47-2)41-39(45)36(26-12-6-4-7-13-26)49-33-20-18-29(19-21-33)40-38(44)34(22-28-16-10-11-17-35(28)48-3)42-37(43)27-14-8-5-9-15-27/h4-25,36H,1-3H3,(H,40,44)(H,41,45)(H,42,43)/b34-22-. The quantitative estimate of drug-likeness (QED) is 0.0872. The molecule has 5 aromatic rings. The van der Waals surface area contributed by atoms with Crippen molar-refractivity contribution in [2.24, 2.45) is 0 Å². The van der Waals surface area contributed by atoms with Gasteiger partial charge in [0.1, 0.15) is 28.2 Å². The molecule has 0 spiro atoms. The molecule has 9 nitrogen and oxygen atoms in total. The first-order valence-corrected chi connectivity index (χ1v) is 16.1. The number of benzene rings is 5. The average Bonchev–Trinajstić information content (AvgIpc) is 3.14. The maximum atomic E-state index is 13.7. The van der Waals surface area contributed by atoms with Gasteiger partial charge in [0.2, 0.25) is 5.91 Å². The molecule has 49 heavy (non-hydrogen) atoms. The number of methoxy groups -OCH3 is 3. The van der Waals surface area contributed by atoms with Crippen molar-refractivity contribution >= 4 is 46.9 Å². The molecule has 248 valence electrons. The summed E-state index contributed by atoms with van der Waals surface area (Å²) in [4.78, 5) is 41.1. The van der Waals surface area contributed by atoms with Gasteiger partial charge in [0.15, 0.2) is 0 Å². The molecule has 1 atom stereocenters. The van der Waals surface area contributed by atoms with E-state index in [0.29, 0.717) is 39.8 Å².